The Labute approximate surface area is 105 Å². The number of aromatic hydroxyl groups is 1. The Balaban J connectivity index is 2.26. The van der Waals surface area contributed by atoms with E-state index in [1.54, 1.807) is 11.8 Å². The van der Waals surface area contributed by atoms with Crippen molar-refractivity contribution in [1.82, 2.24) is 10.3 Å². The molecule has 0 fully saturated rings. The van der Waals surface area contributed by atoms with Gasteiger partial charge in [-0.1, -0.05) is 6.92 Å². The molecule has 0 saturated carbocycles. The van der Waals surface area contributed by atoms with E-state index in [0.717, 1.165) is 35.6 Å². The van der Waals surface area contributed by atoms with E-state index >= 15 is 0 Å². The van der Waals surface area contributed by atoms with Gasteiger partial charge in [-0.05, 0) is 18.6 Å². The average Bonchev–Trinajstić information content (AvgIpc) is 2.37. The van der Waals surface area contributed by atoms with Crippen LogP contribution in [0.4, 0.5) is 0 Å². The van der Waals surface area contributed by atoms with E-state index in [1.807, 2.05) is 6.92 Å². The summed E-state index contributed by atoms with van der Waals surface area (Å²) in [4.78, 5) is 16.1. The minimum atomic E-state index is -0.241. The Bertz CT molecular complexity index is 435. The Hall–Kier alpha value is -1.23. The summed E-state index contributed by atoms with van der Waals surface area (Å²) in [5.74, 6) is 1.63. The first-order chi connectivity index (χ1) is 8.24. The molecule has 0 spiro atoms. The number of aryl methyl sites for hydroxylation is 1. The van der Waals surface area contributed by atoms with Crippen LogP contribution in [-0.4, -0.2) is 28.3 Å². The normalized spacial score (nSPS) is 14.2. The number of fused-ring (bicyclic) bond motifs is 1. The van der Waals surface area contributed by atoms with Gasteiger partial charge in [-0.2, -0.15) is 11.8 Å². The van der Waals surface area contributed by atoms with E-state index in [0.29, 0.717) is 12.1 Å². The number of carbonyl (C=O) groups is 1. The van der Waals surface area contributed by atoms with Crippen molar-refractivity contribution in [3.8, 4) is 5.75 Å². The maximum Gasteiger partial charge on any atom is 0.256 e. The SMILES string of the molecule is CCCNC(=O)c1cnc2c(c1O)CSCC2. The number of pyridine rings is 1. The summed E-state index contributed by atoms with van der Waals surface area (Å²) in [7, 11) is 0. The van der Waals surface area contributed by atoms with Gasteiger partial charge in [0.05, 0.1) is 5.56 Å². The molecule has 1 aliphatic rings. The molecule has 0 radical (unpaired) electrons. The van der Waals surface area contributed by atoms with Crippen LogP contribution in [0.25, 0.3) is 0 Å². The number of nitrogens with one attached hydrogen (secondary N) is 1. The van der Waals surface area contributed by atoms with Crippen molar-refractivity contribution < 1.29 is 9.90 Å². The predicted molar refractivity (Wildman–Crippen MR) is 68.4 cm³/mol. The van der Waals surface area contributed by atoms with Crippen LogP contribution in [0, 0.1) is 0 Å². The molecule has 2 rings (SSSR count). The van der Waals surface area contributed by atoms with Crippen LogP contribution in [0.15, 0.2) is 6.20 Å². The van der Waals surface area contributed by atoms with Crippen molar-refractivity contribution in [2.75, 3.05) is 12.3 Å². The molecule has 0 bridgehead atoms. The number of amides is 1. The van der Waals surface area contributed by atoms with Gasteiger partial charge in [0.25, 0.3) is 5.91 Å². The number of hydrogen-bond acceptors (Lipinski definition) is 4. The van der Waals surface area contributed by atoms with Crippen LogP contribution in [0.2, 0.25) is 0 Å². The predicted octanol–water partition coefficient (Wildman–Crippen LogP) is 1.72. The van der Waals surface area contributed by atoms with Crippen molar-refractivity contribution in [2.24, 2.45) is 0 Å². The largest absolute Gasteiger partial charge is 0.507 e. The minimum absolute atomic E-state index is 0.107. The molecular weight excluding hydrogens is 236 g/mol. The van der Waals surface area contributed by atoms with Crippen LogP contribution in [0.1, 0.15) is 35.0 Å². The highest BCUT2D eigenvalue weighted by Gasteiger charge is 2.20. The van der Waals surface area contributed by atoms with E-state index in [9.17, 15) is 9.90 Å². The highest BCUT2D eigenvalue weighted by Crippen LogP contribution is 2.32. The second kappa shape index (κ2) is 5.40. The average molecular weight is 252 g/mol. The third kappa shape index (κ3) is 2.54. The highest BCUT2D eigenvalue weighted by molar-refractivity contribution is 7.98. The molecule has 0 aliphatic carbocycles. The lowest BCUT2D eigenvalue weighted by Gasteiger charge is -2.17. The summed E-state index contributed by atoms with van der Waals surface area (Å²) >= 11 is 1.76. The van der Waals surface area contributed by atoms with Crippen molar-refractivity contribution in [3.63, 3.8) is 0 Å². The lowest BCUT2D eigenvalue weighted by Crippen LogP contribution is -2.25. The fourth-order valence-electron chi connectivity index (χ4n) is 1.79. The zero-order valence-electron chi connectivity index (χ0n) is 9.82. The molecule has 2 N–H and O–H groups in total. The number of rotatable bonds is 3. The molecule has 2 heterocycles. The first-order valence-corrected chi connectivity index (χ1v) is 6.95. The van der Waals surface area contributed by atoms with E-state index in [1.165, 1.54) is 6.20 Å². The zero-order valence-corrected chi connectivity index (χ0v) is 10.6. The van der Waals surface area contributed by atoms with Crippen LogP contribution in [0.3, 0.4) is 0 Å². The molecule has 17 heavy (non-hydrogen) atoms. The topological polar surface area (TPSA) is 62.2 Å². The standard InChI is InChI=1S/C12H16N2O2S/c1-2-4-13-12(16)8-6-14-10-3-5-17-7-9(10)11(8)15/h6H,2-5,7H2,1H3,(H,13,16)(H,14,15). The van der Waals surface area contributed by atoms with Gasteiger partial charge >= 0.3 is 0 Å². The monoisotopic (exact) mass is 252 g/mol. The third-order valence-corrected chi connectivity index (χ3v) is 3.73. The van der Waals surface area contributed by atoms with E-state index in [4.69, 9.17) is 0 Å². The number of carbonyl (C=O) groups excluding carboxylic acids is 1. The van der Waals surface area contributed by atoms with E-state index in [-0.39, 0.29) is 11.7 Å². The molecule has 0 unspecified atom stereocenters. The molecule has 1 aromatic rings. The van der Waals surface area contributed by atoms with Crippen LogP contribution in [0.5, 0.6) is 5.75 Å². The molecular formula is C12H16N2O2S. The van der Waals surface area contributed by atoms with Crippen molar-refractivity contribution >= 4 is 17.7 Å². The molecule has 0 aromatic carbocycles. The second-order valence-corrected chi connectivity index (χ2v) is 5.11. The first-order valence-electron chi connectivity index (χ1n) is 5.79. The first kappa shape index (κ1) is 12.2. The highest BCUT2D eigenvalue weighted by atomic mass is 32.2. The Kier molecular flexibility index (Phi) is 3.89. The van der Waals surface area contributed by atoms with Gasteiger partial charge in [-0.25, -0.2) is 0 Å². The summed E-state index contributed by atoms with van der Waals surface area (Å²) in [6, 6.07) is 0. The summed E-state index contributed by atoms with van der Waals surface area (Å²) in [5, 5.41) is 12.8. The van der Waals surface area contributed by atoms with Gasteiger partial charge in [0, 0.05) is 29.8 Å². The van der Waals surface area contributed by atoms with E-state index in [2.05, 4.69) is 10.3 Å². The van der Waals surface area contributed by atoms with Crippen molar-refractivity contribution in [2.45, 2.75) is 25.5 Å². The molecule has 4 nitrogen and oxygen atoms in total. The van der Waals surface area contributed by atoms with Crippen molar-refractivity contribution in [1.29, 1.82) is 0 Å². The Morgan fingerprint density at radius 2 is 2.47 bits per heavy atom. The van der Waals surface area contributed by atoms with Crippen LogP contribution < -0.4 is 5.32 Å². The summed E-state index contributed by atoms with van der Waals surface area (Å²) < 4.78 is 0. The van der Waals surface area contributed by atoms with Gasteiger partial charge in [-0.3, -0.25) is 9.78 Å². The maximum atomic E-state index is 11.8. The van der Waals surface area contributed by atoms with Gasteiger partial charge in [0.1, 0.15) is 5.75 Å². The van der Waals surface area contributed by atoms with Gasteiger partial charge in [0.2, 0.25) is 0 Å². The Morgan fingerprint density at radius 1 is 1.65 bits per heavy atom. The lowest BCUT2D eigenvalue weighted by molar-refractivity contribution is 0.0950. The van der Waals surface area contributed by atoms with Crippen LogP contribution >= 0.6 is 11.8 Å². The zero-order chi connectivity index (χ0) is 12.3. The fraction of sp³-hybridized carbons (Fsp3) is 0.500. The number of hydrogen-bond donors (Lipinski definition) is 2. The van der Waals surface area contributed by atoms with E-state index < -0.39 is 0 Å². The molecule has 92 valence electrons. The minimum Gasteiger partial charge on any atom is -0.507 e. The number of nitrogens with zero attached hydrogens (tertiary/aromatic N) is 1. The van der Waals surface area contributed by atoms with Gasteiger partial charge in [-0.15, -0.1) is 0 Å². The fourth-order valence-corrected chi connectivity index (χ4v) is 2.78. The van der Waals surface area contributed by atoms with Crippen LogP contribution in [-0.2, 0) is 12.2 Å². The summed E-state index contributed by atoms with van der Waals surface area (Å²) in [6.07, 6.45) is 3.22. The lowest BCUT2D eigenvalue weighted by atomic mass is 10.1. The Morgan fingerprint density at radius 3 is 3.24 bits per heavy atom. The quantitative estimate of drug-likeness (QED) is 0.859. The number of aromatic nitrogens is 1. The van der Waals surface area contributed by atoms with Crippen molar-refractivity contribution in [3.05, 3.63) is 23.0 Å². The summed E-state index contributed by atoms with van der Waals surface area (Å²) in [5.41, 5.74) is 2.04. The second-order valence-electron chi connectivity index (χ2n) is 4.00. The molecule has 1 aliphatic heterocycles. The summed E-state index contributed by atoms with van der Waals surface area (Å²) in [6.45, 7) is 2.60. The maximum absolute atomic E-state index is 11.8. The molecule has 1 aromatic heterocycles. The number of thioether (sulfide) groups is 1. The van der Waals surface area contributed by atoms with Gasteiger partial charge < -0.3 is 10.4 Å². The molecule has 0 saturated heterocycles. The smallest absolute Gasteiger partial charge is 0.256 e. The van der Waals surface area contributed by atoms with Gasteiger partial charge in [0.15, 0.2) is 0 Å². The molecule has 5 heteroatoms. The third-order valence-electron chi connectivity index (χ3n) is 2.75. The molecule has 1 amide bonds. The molecule has 0 atom stereocenters.